The Kier molecular flexibility index (Phi) is 4.31. The van der Waals surface area contributed by atoms with Crippen molar-refractivity contribution in [3.05, 3.63) is 23.8 Å². The van der Waals surface area contributed by atoms with Gasteiger partial charge in [0.05, 0.1) is 5.56 Å². The van der Waals surface area contributed by atoms with Crippen molar-refractivity contribution in [2.24, 2.45) is 0 Å². The van der Waals surface area contributed by atoms with E-state index in [0.29, 0.717) is 5.69 Å². The third kappa shape index (κ3) is 2.79. The van der Waals surface area contributed by atoms with Gasteiger partial charge in [-0.25, -0.2) is 8.42 Å². The van der Waals surface area contributed by atoms with Crippen molar-refractivity contribution >= 4 is 15.7 Å². The highest BCUT2D eigenvalue weighted by atomic mass is 32.2. The minimum Gasteiger partial charge on any atom is -0.399 e. The number of hydrogen-bond donors (Lipinski definition) is 1. The normalized spacial score (nSPS) is 17.1. The largest absolute Gasteiger partial charge is 0.399 e. The van der Waals surface area contributed by atoms with E-state index in [0.717, 1.165) is 32.1 Å². The van der Waals surface area contributed by atoms with E-state index >= 15 is 0 Å². The Morgan fingerprint density at radius 2 is 1.95 bits per heavy atom. The van der Waals surface area contributed by atoms with Crippen LogP contribution >= 0.6 is 0 Å². The van der Waals surface area contributed by atoms with Gasteiger partial charge in [0.1, 0.15) is 11.0 Å². The standard InChI is InChI=1S/C14H19N3O2S/c1-17(13-5-3-2-4-6-13)20(18,19)14-8-7-12(16)9-11(14)10-15/h7-9,13H,2-6,16H2,1H3. The zero-order valence-electron chi connectivity index (χ0n) is 11.5. The van der Waals surface area contributed by atoms with Crippen LogP contribution in [0.15, 0.2) is 23.1 Å². The molecular weight excluding hydrogens is 274 g/mol. The van der Waals surface area contributed by atoms with Gasteiger partial charge in [-0.05, 0) is 31.0 Å². The van der Waals surface area contributed by atoms with E-state index in [2.05, 4.69) is 0 Å². The van der Waals surface area contributed by atoms with Gasteiger partial charge in [-0.15, -0.1) is 0 Å². The highest BCUT2D eigenvalue weighted by molar-refractivity contribution is 7.89. The third-order valence-corrected chi connectivity index (χ3v) is 5.84. The number of benzene rings is 1. The molecule has 0 heterocycles. The summed E-state index contributed by atoms with van der Waals surface area (Å²) in [5, 5.41) is 9.11. The van der Waals surface area contributed by atoms with Crippen LogP contribution in [0, 0.1) is 11.3 Å². The molecule has 0 bridgehead atoms. The minimum absolute atomic E-state index is 0.0258. The topological polar surface area (TPSA) is 87.2 Å². The van der Waals surface area contributed by atoms with Crippen molar-refractivity contribution < 1.29 is 8.42 Å². The van der Waals surface area contributed by atoms with Crippen LogP contribution in [0.5, 0.6) is 0 Å². The lowest BCUT2D eigenvalue weighted by atomic mass is 9.96. The summed E-state index contributed by atoms with van der Waals surface area (Å²) in [5.41, 5.74) is 6.10. The zero-order chi connectivity index (χ0) is 14.8. The molecule has 2 rings (SSSR count). The Bertz CT molecular complexity index is 628. The number of sulfonamides is 1. The molecule has 108 valence electrons. The van der Waals surface area contributed by atoms with Crippen LogP contribution in [-0.4, -0.2) is 25.8 Å². The molecule has 0 aliphatic heterocycles. The van der Waals surface area contributed by atoms with Crippen LogP contribution in [0.1, 0.15) is 37.7 Å². The molecule has 0 spiro atoms. The van der Waals surface area contributed by atoms with E-state index in [1.807, 2.05) is 6.07 Å². The van der Waals surface area contributed by atoms with Crippen molar-refractivity contribution in [1.82, 2.24) is 4.31 Å². The minimum atomic E-state index is -3.64. The summed E-state index contributed by atoms with van der Waals surface area (Å²) in [6, 6.07) is 6.28. The van der Waals surface area contributed by atoms with Gasteiger partial charge in [0.15, 0.2) is 0 Å². The van der Waals surface area contributed by atoms with Gasteiger partial charge in [0, 0.05) is 18.8 Å². The summed E-state index contributed by atoms with van der Waals surface area (Å²) in [6.07, 6.45) is 5.03. The van der Waals surface area contributed by atoms with Crippen molar-refractivity contribution in [3.63, 3.8) is 0 Å². The monoisotopic (exact) mass is 293 g/mol. The molecule has 0 unspecified atom stereocenters. The molecule has 0 atom stereocenters. The lowest BCUT2D eigenvalue weighted by Gasteiger charge is -2.30. The molecule has 6 heteroatoms. The number of nitrogen functional groups attached to an aromatic ring is 1. The Balaban J connectivity index is 2.37. The van der Waals surface area contributed by atoms with Gasteiger partial charge in [-0.1, -0.05) is 19.3 Å². The van der Waals surface area contributed by atoms with E-state index < -0.39 is 10.0 Å². The fourth-order valence-electron chi connectivity index (χ4n) is 2.66. The SMILES string of the molecule is CN(C1CCCCC1)S(=O)(=O)c1ccc(N)cc1C#N. The first-order valence-electron chi connectivity index (χ1n) is 6.74. The second-order valence-corrected chi connectivity index (χ2v) is 7.15. The fourth-order valence-corrected chi connectivity index (χ4v) is 4.19. The molecule has 2 N–H and O–H groups in total. The molecule has 1 aliphatic carbocycles. The van der Waals surface area contributed by atoms with Gasteiger partial charge >= 0.3 is 0 Å². The van der Waals surface area contributed by atoms with Gasteiger partial charge in [0.25, 0.3) is 0 Å². The van der Waals surface area contributed by atoms with E-state index in [1.165, 1.54) is 22.5 Å². The maximum atomic E-state index is 12.7. The molecule has 0 radical (unpaired) electrons. The summed E-state index contributed by atoms with van der Waals surface area (Å²) < 4.78 is 26.7. The van der Waals surface area contributed by atoms with Crippen molar-refractivity contribution in [1.29, 1.82) is 5.26 Å². The maximum Gasteiger partial charge on any atom is 0.244 e. The number of hydrogen-bond acceptors (Lipinski definition) is 4. The number of nitriles is 1. The molecule has 0 saturated heterocycles. The number of rotatable bonds is 3. The van der Waals surface area contributed by atoms with Gasteiger partial charge in [-0.3, -0.25) is 0 Å². The lowest BCUT2D eigenvalue weighted by Crippen LogP contribution is -2.38. The summed E-state index contributed by atoms with van der Waals surface area (Å²) in [5.74, 6) is 0. The Hall–Kier alpha value is -1.58. The average molecular weight is 293 g/mol. The first-order valence-corrected chi connectivity index (χ1v) is 8.18. The second kappa shape index (κ2) is 5.81. The first kappa shape index (κ1) is 14.8. The predicted octanol–water partition coefficient (Wildman–Crippen LogP) is 2.09. The number of anilines is 1. The molecular formula is C14H19N3O2S. The molecule has 1 saturated carbocycles. The van der Waals surface area contributed by atoms with E-state index in [9.17, 15) is 8.42 Å². The Morgan fingerprint density at radius 1 is 1.30 bits per heavy atom. The third-order valence-electron chi connectivity index (χ3n) is 3.87. The summed E-state index contributed by atoms with van der Waals surface area (Å²) in [6.45, 7) is 0. The highest BCUT2D eigenvalue weighted by Gasteiger charge is 2.30. The van der Waals surface area contributed by atoms with E-state index in [-0.39, 0.29) is 16.5 Å². The van der Waals surface area contributed by atoms with Gasteiger partial charge in [0.2, 0.25) is 10.0 Å². The molecule has 5 nitrogen and oxygen atoms in total. The summed E-state index contributed by atoms with van der Waals surface area (Å²) in [4.78, 5) is 0.0438. The lowest BCUT2D eigenvalue weighted by molar-refractivity contribution is 0.286. The molecule has 0 amide bonds. The fraction of sp³-hybridized carbons (Fsp3) is 0.500. The highest BCUT2D eigenvalue weighted by Crippen LogP contribution is 2.28. The van der Waals surface area contributed by atoms with Crippen LogP contribution in [0.25, 0.3) is 0 Å². The second-order valence-electron chi connectivity index (χ2n) is 5.18. The van der Waals surface area contributed by atoms with Gasteiger partial charge in [-0.2, -0.15) is 9.57 Å². The van der Waals surface area contributed by atoms with Crippen LogP contribution < -0.4 is 5.73 Å². The Morgan fingerprint density at radius 3 is 2.55 bits per heavy atom. The summed E-state index contributed by atoms with van der Waals surface area (Å²) >= 11 is 0. The molecule has 1 aromatic rings. The quantitative estimate of drug-likeness (QED) is 0.864. The van der Waals surface area contributed by atoms with Crippen molar-refractivity contribution in [3.8, 4) is 6.07 Å². The van der Waals surface area contributed by atoms with Crippen LogP contribution in [0.2, 0.25) is 0 Å². The smallest absolute Gasteiger partial charge is 0.244 e. The Labute approximate surface area is 120 Å². The first-order chi connectivity index (χ1) is 9.46. The van der Waals surface area contributed by atoms with Crippen molar-refractivity contribution in [2.45, 2.75) is 43.0 Å². The predicted molar refractivity (Wildman–Crippen MR) is 77.4 cm³/mol. The molecule has 1 aliphatic rings. The maximum absolute atomic E-state index is 12.7. The average Bonchev–Trinajstić information content (AvgIpc) is 2.46. The van der Waals surface area contributed by atoms with Gasteiger partial charge < -0.3 is 5.73 Å². The molecule has 1 fully saturated rings. The van der Waals surface area contributed by atoms with Crippen molar-refractivity contribution in [2.75, 3.05) is 12.8 Å². The summed E-state index contributed by atoms with van der Waals surface area (Å²) in [7, 11) is -2.04. The van der Waals surface area contributed by atoms with E-state index in [4.69, 9.17) is 11.0 Å². The number of nitrogens with two attached hydrogens (primary N) is 1. The zero-order valence-corrected chi connectivity index (χ0v) is 12.4. The van der Waals surface area contributed by atoms with Crippen LogP contribution in [0.3, 0.4) is 0 Å². The van der Waals surface area contributed by atoms with Crippen LogP contribution in [0.4, 0.5) is 5.69 Å². The molecule has 1 aromatic carbocycles. The van der Waals surface area contributed by atoms with E-state index in [1.54, 1.807) is 7.05 Å². The molecule has 20 heavy (non-hydrogen) atoms. The van der Waals surface area contributed by atoms with Crippen LogP contribution in [-0.2, 0) is 10.0 Å². The molecule has 0 aromatic heterocycles. The number of nitrogens with zero attached hydrogens (tertiary/aromatic N) is 2.